The van der Waals surface area contributed by atoms with E-state index < -0.39 is 0 Å². The van der Waals surface area contributed by atoms with Gasteiger partial charge in [-0.25, -0.2) is 9.48 Å². The summed E-state index contributed by atoms with van der Waals surface area (Å²) in [5.74, 6) is 1.13. The maximum atomic E-state index is 13.3. The number of nitrogens with one attached hydrogen (secondary N) is 3. The molecule has 248 valence electrons. The van der Waals surface area contributed by atoms with E-state index in [1.807, 2.05) is 28.9 Å². The molecule has 0 unspecified atom stereocenters. The predicted octanol–water partition coefficient (Wildman–Crippen LogP) is 7.88. The number of anilines is 2. The number of benzene rings is 2. The first-order valence-corrected chi connectivity index (χ1v) is 17.1. The van der Waals surface area contributed by atoms with Crippen LogP contribution in [0.25, 0.3) is 0 Å². The van der Waals surface area contributed by atoms with Crippen molar-refractivity contribution < 1.29 is 9.59 Å². The summed E-state index contributed by atoms with van der Waals surface area (Å²) >= 11 is 0. The largest absolute Gasteiger partial charge is 0.335 e. The smallest absolute Gasteiger partial charge is 0.319 e. The summed E-state index contributed by atoms with van der Waals surface area (Å²) in [7, 11) is 2.18. The van der Waals surface area contributed by atoms with Crippen LogP contribution in [0.15, 0.2) is 48.5 Å². The van der Waals surface area contributed by atoms with Crippen molar-refractivity contribution in [1.29, 1.82) is 0 Å². The third-order valence-corrected chi connectivity index (χ3v) is 9.93. The van der Waals surface area contributed by atoms with E-state index in [-0.39, 0.29) is 23.5 Å². The number of nitrogens with zero attached hydrogens (tertiary/aromatic N) is 3. The molecular weight excluding hydrogens is 572 g/mol. The van der Waals surface area contributed by atoms with Gasteiger partial charge in [0.1, 0.15) is 5.82 Å². The second kappa shape index (κ2) is 14.0. The number of hydrogen-bond donors (Lipinski definition) is 3. The Morgan fingerprint density at radius 2 is 1.59 bits per heavy atom. The Labute approximate surface area is 275 Å². The van der Waals surface area contributed by atoms with Crippen molar-refractivity contribution in [2.75, 3.05) is 30.8 Å². The molecule has 2 fully saturated rings. The van der Waals surface area contributed by atoms with E-state index in [9.17, 15) is 9.59 Å². The molecule has 2 heterocycles. The third-order valence-electron chi connectivity index (χ3n) is 9.93. The summed E-state index contributed by atoms with van der Waals surface area (Å²) in [5, 5.41) is 14.3. The van der Waals surface area contributed by atoms with Crippen LogP contribution in [0.3, 0.4) is 0 Å². The van der Waals surface area contributed by atoms with Crippen molar-refractivity contribution in [3.63, 3.8) is 0 Å². The fraction of sp³-hybridized carbons (Fsp3) is 0.553. The Kier molecular flexibility index (Phi) is 10.3. The van der Waals surface area contributed by atoms with Crippen LogP contribution >= 0.6 is 0 Å². The molecule has 3 aromatic rings. The second-order valence-electron chi connectivity index (χ2n) is 15.4. The highest BCUT2D eigenvalue weighted by Gasteiger charge is 2.28. The zero-order valence-corrected chi connectivity index (χ0v) is 29.0. The van der Waals surface area contributed by atoms with Gasteiger partial charge in [0.2, 0.25) is 0 Å². The molecule has 3 N–H and O–H groups in total. The first kappa shape index (κ1) is 33.7. The van der Waals surface area contributed by atoms with Gasteiger partial charge in [0.25, 0.3) is 5.91 Å². The molecule has 0 atom stereocenters. The number of piperidine rings is 1. The summed E-state index contributed by atoms with van der Waals surface area (Å²) in [6.07, 6.45) is 8.11. The summed E-state index contributed by atoms with van der Waals surface area (Å²) in [6.45, 7) is 15.2. The number of hydrogen-bond acceptors (Lipinski definition) is 4. The molecule has 46 heavy (non-hydrogen) atoms. The van der Waals surface area contributed by atoms with Crippen molar-refractivity contribution >= 4 is 23.4 Å². The highest BCUT2D eigenvalue weighted by atomic mass is 16.2. The molecule has 8 heteroatoms. The fourth-order valence-corrected chi connectivity index (χ4v) is 6.77. The quantitative estimate of drug-likeness (QED) is 0.237. The van der Waals surface area contributed by atoms with Crippen molar-refractivity contribution in [1.82, 2.24) is 20.0 Å². The molecule has 1 aliphatic heterocycles. The fourth-order valence-electron chi connectivity index (χ4n) is 6.77. The molecule has 5 rings (SSSR count). The Hall–Kier alpha value is -3.65. The normalized spacial score (nSPS) is 17.9. The molecule has 3 amide bonds. The predicted molar refractivity (Wildman–Crippen MR) is 188 cm³/mol. The number of amides is 3. The van der Waals surface area contributed by atoms with Crippen LogP contribution in [0.4, 0.5) is 16.3 Å². The maximum absolute atomic E-state index is 13.3. The van der Waals surface area contributed by atoms with Gasteiger partial charge < -0.3 is 20.9 Å². The molecule has 0 radical (unpaired) electrons. The Morgan fingerprint density at radius 3 is 2.24 bits per heavy atom. The molecule has 8 nitrogen and oxygen atoms in total. The van der Waals surface area contributed by atoms with E-state index in [1.54, 1.807) is 0 Å². The number of aryl methyl sites for hydroxylation is 3. The number of likely N-dealkylation sites (tertiary alicyclic amines) is 1. The van der Waals surface area contributed by atoms with E-state index in [0.29, 0.717) is 29.1 Å². The van der Waals surface area contributed by atoms with Crippen molar-refractivity contribution in [3.05, 3.63) is 76.5 Å². The van der Waals surface area contributed by atoms with Gasteiger partial charge in [0.05, 0.1) is 11.2 Å². The molecule has 0 bridgehead atoms. The Morgan fingerprint density at radius 1 is 0.913 bits per heavy atom. The van der Waals surface area contributed by atoms with Crippen molar-refractivity contribution in [2.45, 2.75) is 110 Å². The molecule has 0 spiro atoms. The Bertz CT molecular complexity index is 1500. The van der Waals surface area contributed by atoms with Gasteiger partial charge in [-0.3, -0.25) is 4.79 Å². The number of aromatic nitrogens is 2. The summed E-state index contributed by atoms with van der Waals surface area (Å²) in [4.78, 5) is 28.5. The molecule has 2 aliphatic rings. The van der Waals surface area contributed by atoms with Crippen LogP contribution in [0.2, 0.25) is 0 Å². The molecule has 1 saturated heterocycles. The van der Waals surface area contributed by atoms with E-state index in [0.717, 1.165) is 75.0 Å². The number of urea groups is 1. The zero-order chi connectivity index (χ0) is 33.1. The summed E-state index contributed by atoms with van der Waals surface area (Å²) in [6, 6.07) is 16.3. The average molecular weight is 627 g/mol. The van der Waals surface area contributed by atoms with Crippen LogP contribution in [-0.2, 0) is 18.4 Å². The summed E-state index contributed by atoms with van der Waals surface area (Å²) in [5.41, 5.74) is 6.08. The minimum absolute atomic E-state index is 0.128. The van der Waals surface area contributed by atoms with Crippen molar-refractivity contribution in [3.8, 4) is 0 Å². The lowest BCUT2D eigenvalue weighted by Gasteiger charge is -2.34. The van der Waals surface area contributed by atoms with E-state index in [2.05, 4.69) is 93.7 Å². The van der Waals surface area contributed by atoms with Crippen molar-refractivity contribution in [2.24, 2.45) is 5.41 Å². The summed E-state index contributed by atoms with van der Waals surface area (Å²) < 4.78 is 1.91. The average Bonchev–Trinajstić information content (AvgIpc) is 3.42. The molecule has 1 aromatic heterocycles. The standard InChI is InChI=1S/C38H54N6O2/c1-26-8-14-32(40-36(46)39-31-16-20-38(5,6)21-17-31)24-30(26)13-15-33-25-34(44(42-33)37(2,3)4)41-35(45)29-11-9-27(10-12-29)28-18-22-43(7)23-19-28/h8-12,14,24-25,28,31H,13,15-23H2,1-7H3,(H,41,45)(H2,39,40,46). The van der Waals surface area contributed by atoms with E-state index in [1.165, 1.54) is 11.1 Å². The highest BCUT2D eigenvalue weighted by molar-refractivity contribution is 6.03. The minimum Gasteiger partial charge on any atom is -0.335 e. The van der Waals surface area contributed by atoms with Crippen LogP contribution in [-0.4, -0.2) is 52.8 Å². The zero-order valence-electron chi connectivity index (χ0n) is 29.0. The monoisotopic (exact) mass is 626 g/mol. The highest BCUT2D eigenvalue weighted by Crippen LogP contribution is 2.35. The van der Waals surface area contributed by atoms with Gasteiger partial charge in [0.15, 0.2) is 0 Å². The lowest BCUT2D eigenvalue weighted by molar-refractivity contribution is 0.102. The van der Waals surface area contributed by atoms with Gasteiger partial charge in [-0.1, -0.05) is 32.0 Å². The van der Waals surface area contributed by atoms with Crippen LogP contribution in [0.1, 0.15) is 112 Å². The first-order chi connectivity index (χ1) is 21.8. The number of carbonyl (C=O) groups excluding carboxylic acids is 2. The molecule has 1 aliphatic carbocycles. The van der Waals surface area contributed by atoms with E-state index in [4.69, 9.17) is 5.10 Å². The van der Waals surface area contributed by atoms with Crippen LogP contribution < -0.4 is 16.0 Å². The number of rotatable bonds is 8. The van der Waals surface area contributed by atoms with Gasteiger partial charge in [-0.2, -0.15) is 5.10 Å². The minimum atomic E-state index is -0.305. The van der Waals surface area contributed by atoms with Gasteiger partial charge in [0, 0.05) is 23.4 Å². The van der Waals surface area contributed by atoms with E-state index >= 15 is 0 Å². The third kappa shape index (κ3) is 8.78. The van der Waals surface area contributed by atoms with Crippen LogP contribution in [0, 0.1) is 12.3 Å². The molecule has 1 saturated carbocycles. The van der Waals surface area contributed by atoms with Gasteiger partial charge in [-0.15, -0.1) is 0 Å². The number of carbonyl (C=O) groups is 2. The second-order valence-corrected chi connectivity index (χ2v) is 15.4. The lowest BCUT2D eigenvalue weighted by Crippen LogP contribution is -2.41. The maximum Gasteiger partial charge on any atom is 0.319 e. The van der Waals surface area contributed by atoms with Gasteiger partial charge in [-0.05, 0) is 151 Å². The topological polar surface area (TPSA) is 91.3 Å². The lowest BCUT2D eigenvalue weighted by atomic mass is 9.76. The first-order valence-electron chi connectivity index (χ1n) is 17.1. The molecule has 2 aromatic carbocycles. The van der Waals surface area contributed by atoms with Crippen LogP contribution in [0.5, 0.6) is 0 Å². The van der Waals surface area contributed by atoms with Gasteiger partial charge >= 0.3 is 6.03 Å². The molecular formula is C38H54N6O2. The SMILES string of the molecule is Cc1ccc(NC(=O)NC2CCC(C)(C)CC2)cc1CCc1cc(NC(=O)c2ccc(C3CCN(C)CC3)cc2)n(C(C)(C)C)n1. The Balaban J connectivity index is 1.21.